The summed E-state index contributed by atoms with van der Waals surface area (Å²) in [5, 5.41) is 10.8. The third kappa shape index (κ3) is 3.99. The molecule has 1 aromatic heterocycles. The molecule has 9 heteroatoms. The van der Waals surface area contributed by atoms with E-state index in [0.29, 0.717) is 22.4 Å². The van der Waals surface area contributed by atoms with Gasteiger partial charge in [-0.1, -0.05) is 41.9 Å². The van der Waals surface area contributed by atoms with Crippen molar-refractivity contribution in [2.24, 2.45) is 0 Å². The van der Waals surface area contributed by atoms with Crippen LogP contribution in [0.4, 0.5) is 0 Å². The van der Waals surface area contributed by atoms with Gasteiger partial charge in [0.1, 0.15) is 33.5 Å². The standard InChI is InChI=1S/C24H16Cl2N2O4S/c25-19-17-12-16(32-15-4-2-1-3-5-15)10-11-18(17)33-22(19)23(30)27-28-21(20(26)24(28)31)13-6-8-14(29)9-7-13/h1-12,20-21,29H,(H,27,30). The third-order valence-electron chi connectivity index (χ3n) is 5.27. The minimum absolute atomic E-state index is 0.0961. The monoisotopic (exact) mass is 498 g/mol. The zero-order valence-electron chi connectivity index (χ0n) is 16.9. The summed E-state index contributed by atoms with van der Waals surface area (Å²) in [5.41, 5.74) is 3.32. The number of phenolic OH excluding ortho intramolecular Hbond substituents is 1. The van der Waals surface area contributed by atoms with Crippen molar-refractivity contribution >= 4 is 56.4 Å². The molecule has 2 atom stereocenters. The lowest BCUT2D eigenvalue weighted by Crippen LogP contribution is -2.63. The lowest BCUT2D eigenvalue weighted by Gasteiger charge is -2.43. The molecule has 4 aromatic rings. The first-order chi connectivity index (χ1) is 15.9. The minimum Gasteiger partial charge on any atom is -0.508 e. The Balaban J connectivity index is 1.38. The summed E-state index contributed by atoms with van der Waals surface area (Å²) in [5.74, 6) is 0.453. The Labute approximate surface area is 202 Å². The first kappa shape index (κ1) is 21.6. The van der Waals surface area contributed by atoms with Gasteiger partial charge in [-0.25, -0.2) is 5.01 Å². The molecule has 2 N–H and O–H groups in total. The fourth-order valence-corrected chi connectivity index (χ4v) is 5.35. The normalized spacial score (nSPS) is 17.6. The number of β-lactam (4-membered cyclic amide) rings is 1. The molecule has 1 saturated heterocycles. The molecule has 2 heterocycles. The maximum absolute atomic E-state index is 13.0. The van der Waals surface area contributed by atoms with Gasteiger partial charge in [0, 0.05) is 10.1 Å². The molecule has 1 aliphatic rings. The number of hydrogen-bond acceptors (Lipinski definition) is 5. The van der Waals surface area contributed by atoms with E-state index >= 15 is 0 Å². The van der Waals surface area contributed by atoms with Gasteiger partial charge in [-0.2, -0.15) is 0 Å². The summed E-state index contributed by atoms with van der Waals surface area (Å²) in [7, 11) is 0. The highest BCUT2D eigenvalue weighted by atomic mass is 35.5. The van der Waals surface area contributed by atoms with Crippen LogP contribution in [0.5, 0.6) is 17.2 Å². The predicted molar refractivity (Wildman–Crippen MR) is 128 cm³/mol. The molecule has 0 saturated carbocycles. The van der Waals surface area contributed by atoms with Crippen LogP contribution in [-0.2, 0) is 4.79 Å². The molecule has 1 fully saturated rings. The van der Waals surface area contributed by atoms with E-state index in [2.05, 4.69) is 5.43 Å². The maximum atomic E-state index is 13.0. The number of aromatic hydroxyl groups is 1. The van der Waals surface area contributed by atoms with Crippen molar-refractivity contribution in [2.75, 3.05) is 0 Å². The number of nitrogens with one attached hydrogen (secondary N) is 1. The van der Waals surface area contributed by atoms with Gasteiger partial charge in [0.05, 0.1) is 5.02 Å². The van der Waals surface area contributed by atoms with E-state index < -0.39 is 23.2 Å². The molecule has 0 bridgehead atoms. The van der Waals surface area contributed by atoms with Crippen molar-refractivity contribution in [3.8, 4) is 17.2 Å². The number of nitrogens with zero attached hydrogens (tertiary/aromatic N) is 1. The lowest BCUT2D eigenvalue weighted by atomic mass is 9.95. The number of hydrazine groups is 1. The van der Waals surface area contributed by atoms with Gasteiger partial charge in [0.15, 0.2) is 0 Å². The topological polar surface area (TPSA) is 78.9 Å². The molecule has 0 spiro atoms. The maximum Gasteiger partial charge on any atom is 0.281 e. The number of benzene rings is 3. The zero-order chi connectivity index (χ0) is 23.1. The largest absolute Gasteiger partial charge is 0.508 e. The summed E-state index contributed by atoms with van der Waals surface area (Å²) in [6.07, 6.45) is 0. The number of rotatable bonds is 5. The second-order valence-electron chi connectivity index (χ2n) is 7.41. The van der Waals surface area contributed by atoms with Crippen molar-refractivity contribution < 1.29 is 19.4 Å². The molecule has 2 unspecified atom stereocenters. The molecule has 0 aliphatic carbocycles. The van der Waals surface area contributed by atoms with Gasteiger partial charge in [-0.05, 0) is 48.0 Å². The van der Waals surface area contributed by atoms with Gasteiger partial charge in [0.2, 0.25) is 0 Å². The highest BCUT2D eigenvalue weighted by molar-refractivity contribution is 7.21. The highest BCUT2D eigenvalue weighted by Crippen LogP contribution is 2.40. The van der Waals surface area contributed by atoms with Crippen LogP contribution in [0.1, 0.15) is 21.3 Å². The van der Waals surface area contributed by atoms with Gasteiger partial charge in [-0.3, -0.25) is 15.0 Å². The Morgan fingerprint density at radius 2 is 1.76 bits per heavy atom. The molecule has 2 amide bonds. The van der Waals surface area contributed by atoms with Crippen molar-refractivity contribution in [1.82, 2.24) is 10.4 Å². The van der Waals surface area contributed by atoms with Gasteiger partial charge in [0.25, 0.3) is 11.8 Å². The van der Waals surface area contributed by atoms with Crippen molar-refractivity contribution in [2.45, 2.75) is 11.4 Å². The van der Waals surface area contributed by atoms with Gasteiger partial charge in [-0.15, -0.1) is 22.9 Å². The van der Waals surface area contributed by atoms with E-state index in [1.165, 1.54) is 28.5 Å². The second-order valence-corrected chi connectivity index (χ2v) is 9.31. The Hall–Kier alpha value is -3.26. The molecule has 33 heavy (non-hydrogen) atoms. The Bertz CT molecular complexity index is 1360. The minimum atomic E-state index is -0.814. The molecule has 5 rings (SSSR count). The smallest absolute Gasteiger partial charge is 0.281 e. The van der Waals surface area contributed by atoms with E-state index in [1.54, 1.807) is 18.2 Å². The number of carbonyl (C=O) groups excluding carboxylic acids is 2. The summed E-state index contributed by atoms with van der Waals surface area (Å²) in [6, 6.07) is 20.5. The van der Waals surface area contributed by atoms with Gasteiger partial charge < -0.3 is 9.84 Å². The van der Waals surface area contributed by atoms with Crippen molar-refractivity contribution in [1.29, 1.82) is 0 Å². The summed E-state index contributed by atoms with van der Waals surface area (Å²) in [4.78, 5) is 25.6. The quantitative estimate of drug-likeness (QED) is 0.265. The molecule has 3 aromatic carbocycles. The average molecular weight is 499 g/mol. The number of thiophene rings is 1. The first-order valence-corrected chi connectivity index (χ1v) is 11.6. The SMILES string of the molecule is O=C(NN1C(=O)C(Cl)C1c1ccc(O)cc1)c1sc2ccc(Oc3ccccc3)cc2c1Cl. The summed E-state index contributed by atoms with van der Waals surface area (Å²) >= 11 is 14.0. The lowest BCUT2D eigenvalue weighted by molar-refractivity contribution is -0.149. The third-order valence-corrected chi connectivity index (χ3v) is 7.37. The number of alkyl halides is 1. The van der Waals surface area contributed by atoms with Crippen LogP contribution in [-0.4, -0.2) is 27.3 Å². The molecular formula is C24H16Cl2N2O4S. The average Bonchev–Trinajstić information content (AvgIpc) is 3.16. The number of fused-ring (bicyclic) bond motifs is 1. The second kappa shape index (κ2) is 8.59. The Morgan fingerprint density at radius 3 is 2.48 bits per heavy atom. The molecule has 1 aliphatic heterocycles. The van der Waals surface area contributed by atoms with Crippen LogP contribution in [0.2, 0.25) is 5.02 Å². The fraction of sp³-hybridized carbons (Fsp3) is 0.0833. The molecular weight excluding hydrogens is 483 g/mol. The first-order valence-electron chi connectivity index (χ1n) is 9.94. The number of halogens is 2. The van der Waals surface area contributed by atoms with E-state index in [9.17, 15) is 14.7 Å². The zero-order valence-corrected chi connectivity index (χ0v) is 19.2. The molecule has 0 radical (unpaired) electrons. The fourth-order valence-electron chi connectivity index (χ4n) is 3.61. The van der Waals surface area contributed by atoms with Gasteiger partial charge >= 0.3 is 0 Å². The van der Waals surface area contributed by atoms with Crippen LogP contribution < -0.4 is 10.2 Å². The summed E-state index contributed by atoms with van der Waals surface area (Å²) < 4.78 is 6.67. The van der Waals surface area contributed by atoms with Crippen LogP contribution in [0.25, 0.3) is 10.1 Å². The summed E-state index contributed by atoms with van der Waals surface area (Å²) in [6.45, 7) is 0. The number of phenols is 1. The number of ether oxygens (including phenoxy) is 1. The molecule has 6 nitrogen and oxygen atoms in total. The Morgan fingerprint density at radius 1 is 1.03 bits per heavy atom. The van der Waals surface area contributed by atoms with Crippen molar-refractivity contribution in [3.63, 3.8) is 0 Å². The van der Waals surface area contributed by atoms with E-state index in [-0.39, 0.29) is 15.6 Å². The Kier molecular flexibility index (Phi) is 5.62. The van der Waals surface area contributed by atoms with E-state index in [0.717, 1.165) is 4.70 Å². The van der Waals surface area contributed by atoms with E-state index in [1.807, 2.05) is 42.5 Å². The van der Waals surface area contributed by atoms with Crippen molar-refractivity contribution in [3.05, 3.63) is 88.3 Å². The van der Waals surface area contributed by atoms with Crippen LogP contribution in [0.15, 0.2) is 72.8 Å². The molecule has 166 valence electrons. The van der Waals surface area contributed by atoms with E-state index in [4.69, 9.17) is 27.9 Å². The number of para-hydroxylation sites is 1. The number of hydrogen-bond donors (Lipinski definition) is 2. The van der Waals surface area contributed by atoms with Crippen LogP contribution >= 0.6 is 34.5 Å². The van der Waals surface area contributed by atoms with Crippen LogP contribution in [0, 0.1) is 0 Å². The number of amides is 2. The highest BCUT2D eigenvalue weighted by Gasteiger charge is 2.48. The number of carbonyl (C=O) groups is 2. The predicted octanol–water partition coefficient (Wildman–Crippen LogP) is 5.89. The van der Waals surface area contributed by atoms with Crippen LogP contribution in [0.3, 0.4) is 0 Å².